The van der Waals surface area contributed by atoms with Gasteiger partial charge in [-0.25, -0.2) is 0 Å². The minimum atomic E-state index is -0.364. The van der Waals surface area contributed by atoms with Crippen LogP contribution in [0.25, 0.3) is 12.2 Å². The molecular formula is C35H46O6. The molecule has 1 saturated carbocycles. The van der Waals surface area contributed by atoms with Crippen LogP contribution in [-0.4, -0.2) is 45.8 Å². The van der Waals surface area contributed by atoms with Gasteiger partial charge in [-0.15, -0.1) is 0 Å². The van der Waals surface area contributed by atoms with Crippen molar-refractivity contribution in [2.45, 2.75) is 84.8 Å². The Labute approximate surface area is 244 Å². The third-order valence-corrected chi connectivity index (χ3v) is 9.17. The highest BCUT2D eigenvalue weighted by Gasteiger charge is 2.54. The van der Waals surface area contributed by atoms with Crippen molar-refractivity contribution in [3.63, 3.8) is 0 Å². The second-order valence-corrected chi connectivity index (χ2v) is 12.6. The lowest BCUT2D eigenvalue weighted by Crippen LogP contribution is -2.58. The Morgan fingerprint density at radius 3 is 2.29 bits per heavy atom. The van der Waals surface area contributed by atoms with Crippen molar-refractivity contribution < 1.29 is 29.9 Å². The molecule has 0 amide bonds. The molecule has 222 valence electrons. The summed E-state index contributed by atoms with van der Waals surface area (Å²) in [6.07, 6.45) is 11.9. The van der Waals surface area contributed by atoms with Gasteiger partial charge in [-0.05, 0) is 106 Å². The molecule has 1 fully saturated rings. The predicted octanol–water partition coefficient (Wildman–Crippen LogP) is 6.98. The molecule has 0 aromatic heterocycles. The van der Waals surface area contributed by atoms with Crippen LogP contribution < -0.4 is 9.47 Å². The van der Waals surface area contributed by atoms with Crippen molar-refractivity contribution in [3.05, 3.63) is 69.8 Å². The number of hydrogen-bond donors (Lipinski definition) is 4. The standard InChI is InChI=1S/C35H46O6/c1-22(8-7-9-23(2)21-36)10-13-27-28(37)17-25(18-29(27)38)12-11-24-16-26-20-31-34(3,4)32(39)14-15-35(31,5)41-33(26)30(19-24)40-6/h9-12,16-19,31-32,36-39H,7-8,13-15,20-21H2,1-6H3. The smallest absolute Gasteiger partial charge is 0.165 e. The van der Waals surface area contributed by atoms with Crippen molar-refractivity contribution >= 4 is 12.2 Å². The van der Waals surface area contributed by atoms with E-state index in [1.54, 1.807) is 19.2 Å². The number of benzene rings is 2. The lowest BCUT2D eigenvalue weighted by atomic mass is 9.57. The number of aliphatic hydroxyl groups excluding tert-OH is 2. The fourth-order valence-electron chi connectivity index (χ4n) is 6.39. The molecule has 1 aliphatic heterocycles. The number of rotatable bonds is 9. The molecule has 0 radical (unpaired) electrons. The van der Waals surface area contributed by atoms with Gasteiger partial charge in [0.15, 0.2) is 11.5 Å². The van der Waals surface area contributed by atoms with Gasteiger partial charge in [-0.1, -0.05) is 49.3 Å². The number of aliphatic hydroxyl groups is 2. The van der Waals surface area contributed by atoms with Crippen molar-refractivity contribution in [1.29, 1.82) is 0 Å². The Morgan fingerprint density at radius 2 is 1.66 bits per heavy atom. The highest BCUT2D eigenvalue weighted by Crippen LogP contribution is 2.55. The Kier molecular flexibility index (Phi) is 9.25. The molecule has 4 N–H and O–H groups in total. The molecule has 6 heteroatoms. The molecule has 2 aliphatic rings. The zero-order valence-corrected chi connectivity index (χ0v) is 25.3. The van der Waals surface area contributed by atoms with Crippen molar-refractivity contribution in [2.75, 3.05) is 13.7 Å². The van der Waals surface area contributed by atoms with Crippen molar-refractivity contribution in [3.8, 4) is 23.0 Å². The fraction of sp³-hybridized carbons (Fsp3) is 0.486. The van der Waals surface area contributed by atoms with Crippen LogP contribution in [-0.2, 0) is 12.8 Å². The van der Waals surface area contributed by atoms with Crippen LogP contribution in [0.1, 0.15) is 82.6 Å². The van der Waals surface area contributed by atoms with E-state index in [9.17, 15) is 15.3 Å². The van der Waals surface area contributed by atoms with Gasteiger partial charge in [0.05, 0.1) is 19.8 Å². The zero-order chi connectivity index (χ0) is 29.9. The average molecular weight is 563 g/mol. The SMILES string of the molecule is COc1cc(C=Cc2cc(O)c(CC=C(C)CCC=C(C)CO)c(O)c2)cc2c1OC1(C)CCC(O)C(C)(C)C1C2. The number of fused-ring (bicyclic) bond motifs is 2. The van der Waals surface area contributed by atoms with Crippen LogP contribution in [0.15, 0.2) is 47.6 Å². The Bertz CT molecular complexity index is 1330. The predicted molar refractivity (Wildman–Crippen MR) is 164 cm³/mol. The Morgan fingerprint density at radius 1 is 1.00 bits per heavy atom. The third-order valence-electron chi connectivity index (χ3n) is 9.17. The van der Waals surface area contributed by atoms with Crippen LogP contribution >= 0.6 is 0 Å². The fourth-order valence-corrected chi connectivity index (χ4v) is 6.39. The topological polar surface area (TPSA) is 99.4 Å². The molecular weight excluding hydrogens is 516 g/mol. The molecule has 2 aromatic rings. The van der Waals surface area contributed by atoms with Gasteiger partial charge >= 0.3 is 0 Å². The van der Waals surface area contributed by atoms with Crippen LogP contribution in [0.4, 0.5) is 0 Å². The summed E-state index contributed by atoms with van der Waals surface area (Å²) in [5.74, 6) is 1.72. The summed E-state index contributed by atoms with van der Waals surface area (Å²) < 4.78 is 12.4. The highest BCUT2D eigenvalue weighted by atomic mass is 16.5. The van der Waals surface area contributed by atoms with E-state index < -0.39 is 0 Å². The lowest BCUT2D eigenvalue weighted by Gasteiger charge is -2.55. The molecule has 3 unspecified atom stereocenters. The number of hydrogen-bond acceptors (Lipinski definition) is 6. The third kappa shape index (κ3) is 6.65. The average Bonchev–Trinajstić information content (AvgIpc) is 2.92. The molecule has 0 bridgehead atoms. The van der Waals surface area contributed by atoms with Crippen molar-refractivity contribution in [2.24, 2.45) is 11.3 Å². The number of methoxy groups -OCH3 is 1. The first kappa shape index (κ1) is 30.7. The van der Waals surface area contributed by atoms with E-state index in [4.69, 9.17) is 14.6 Å². The molecule has 3 atom stereocenters. The highest BCUT2D eigenvalue weighted by molar-refractivity contribution is 5.73. The van der Waals surface area contributed by atoms with Gasteiger partial charge in [-0.2, -0.15) is 0 Å². The second kappa shape index (κ2) is 12.3. The summed E-state index contributed by atoms with van der Waals surface area (Å²) in [6, 6.07) is 7.38. The molecule has 1 heterocycles. The minimum Gasteiger partial charge on any atom is -0.507 e. The van der Waals surface area contributed by atoms with Crippen LogP contribution in [0, 0.1) is 11.3 Å². The van der Waals surface area contributed by atoms with Gasteiger partial charge in [0.1, 0.15) is 17.1 Å². The van der Waals surface area contributed by atoms with Crippen LogP contribution in [0.5, 0.6) is 23.0 Å². The second-order valence-electron chi connectivity index (χ2n) is 12.6. The number of allylic oxidation sites excluding steroid dienone is 3. The van der Waals surface area contributed by atoms with E-state index >= 15 is 0 Å². The molecule has 2 aromatic carbocycles. The largest absolute Gasteiger partial charge is 0.507 e. The number of aromatic hydroxyl groups is 2. The lowest BCUT2D eigenvalue weighted by molar-refractivity contribution is -0.138. The van der Waals surface area contributed by atoms with E-state index in [0.717, 1.165) is 60.1 Å². The van der Waals surface area contributed by atoms with Gasteiger partial charge in [0.2, 0.25) is 0 Å². The zero-order valence-electron chi connectivity index (χ0n) is 25.3. The van der Waals surface area contributed by atoms with Gasteiger partial charge in [0.25, 0.3) is 0 Å². The molecule has 4 rings (SSSR count). The summed E-state index contributed by atoms with van der Waals surface area (Å²) in [5.41, 5.74) is 4.64. The quantitative estimate of drug-likeness (QED) is 0.194. The summed E-state index contributed by atoms with van der Waals surface area (Å²) in [7, 11) is 1.65. The van der Waals surface area contributed by atoms with E-state index in [1.165, 1.54) is 0 Å². The van der Waals surface area contributed by atoms with E-state index in [-0.39, 0.29) is 41.1 Å². The first-order valence-electron chi connectivity index (χ1n) is 14.6. The maximum Gasteiger partial charge on any atom is 0.165 e. The van der Waals surface area contributed by atoms with E-state index in [2.05, 4.69) is 26.8 Å². The summed E-state index contributed by atoms with van der Waals surface area (Å²) in [6.45, 7) is 10.4. The van der Waals surface area contributed by atoms with Crippen LogP contribution in [0.2, 0.25) is 0 Å². The van der Waals surface area contributed by atoms with E-state index in [1.807, 2.05) is 44.2 Å². The normalized spacial score (nSPS) is 24.1. The first-order chi connectivity index (χ1) is 19.4. The molecule has 0 spiro atoms. The number of phenols is 2. The maximum absolute atomic E-state index is 10.7. The monoisotopic (exact) mass is 562 g/mol. The molecule has 6 nitrogen and oxygen atoms in total. The molecule has 41 heavy (non-hydrogen) atoms. The van der Waals surface area contributed by atoms with Gasteiger partial charge in [0, 0.05) is 11.5 Å². The summed E-state index contributed by atoms with van der Waals surface area (Å²) in [5, 5.41) is 41.2. The van der Waals surface area contributed by atoms with Gasteiger partial charge < -0.3 is 29.9 Å². The Balaban J connectivity index is 1.53. The Hall–Kier alpha value is -3.22. The first-order valence-corrected chi connectivity index (χ1v) is 14.6. The van der Waals surface area contributed by atoms with Crippen molar-refractivity contribution in [1.82, 2.24) is 0 Å². The van der Waals surface area contributed by atoms with Gasteiger partial charge in [-0.3, -0.25) is 0 Å². The maximum atomic E-state index is 10.7. The van der Waals surface area contributed by atoms with Crippen LogP contribution in [0.3, 0.4) is 0 Å². The van der Waals surface area contributed by atoms with E-state index in [0.29, 0.717) is 23.3 Å². The summed E-state index contributed by atoms with van der Waals surface area (Å²) >= 11 is 0. The molecule has 1 aliphatic carbocycles. The number of phenolic OH excluding ortho intramolecular Hbond substituents is 2. The molecule has 0 saturated heterocycles. The summed E-state index contributed by atoms with van der Waals surface area (Å²) in [4.78, 5) is 0. The minimum absolute atomic E-state index is 0.0542. The number of ether oxygens (including phenoxy) is 2.